The Morgan fingerprint density at radius 2 is 2.08 bits per heavy atom. The minimum absolute atomic E-state index is 0.224. The van der Waals surface area contributed by atoms with Crippen molar-refractivity contribution in [2.45, 2.75) is 31.2 Å². The van der Waals surface area contributed by atoms with Gasteiger partial charge in [0.2, 0.25) is 0 Å². The maximum atomic E-state index is 12.8. The van der Waals surface area contributed by atoms with Crippen LogP contribution in [0.2, 0.25) is 5.02 Å². The van der Waals surface area contributed by atoms with Crippen molar-refractivity contribution < 1.29 is 8.42 Å². The van der Waals surface area contributed by atoms with E-state index in [0.717, 1.165) is 19.4 Å². The number of pyridine rings is 1. The molecule has 1 N–H and O–H groups in total. The number of nitrogens with zero attached hydrogens (tertiary/aromatic N) is 2. The van der Waals surface area contributed by atoms with E-state index in [1.165, 1.54) is 0 Å². The van der Waals surface area contributed by atoms with Crippen LogP contribution in [0.5, 0.6) is 0 Å². The van der Waals surface area contributed by atoms with Crippen molar-refractivity contribution in [3.8, 4) is 0 Å². The van der Waals surface area contributed by atoms with E-state index in [0.29, 0.717) is 21.7 Å². The Morgan fingerprint density at radius 1 is 1.25 bits per heavy atom. The second-order valence-electron chi connectivity index (χ2n) is 5.53. The van der Waals surface area contributed by atoms with Gasteiger partial charge < -0.3 is 4.57 Å². The smallest absolute Gasteiger partial charge is 0.264 e. The average Bonchev–Trinajstić information content (AvgIpc) is 2.92. The predicted octanol–water partition coefficient (Wildman–Crippen LogP) is 4.29. The number of aryl methyl sites for hydroxylation is 1. The molecular weight excluding hydrogens is 346 g/mol. The number of fused-ring (bicyclic) bond motifs is 1. The maximum Gasteiger partial charge on any atom is 0.264 e. The minimum atomic E-state index is -3.73. The van der Waals surface area contributed by atoms with Gasteiger partial charge in [-0.25, -0.2) is 13.4 Å². The highest BCUT2D eigenvalue weighted by atomic mass is 35.5. The summed E-state index contributed by atoms with van der Waals surface area (Å²) in [5, 5.41) is 1.09. The molecule has 5 nitrogen and oxygen atoms in total. The molecule has 126 valence electrons. The summed E-state index contributed by atoms with van der Waals surface area (Å²) in [4.78, 5) is 4.56. The van der Waals surface area contributed by atoms with E-state index < -0.39 is 10.0 Å². The maximum absolute atomic E-state index is 12.8. The van der Waals surface area contributed by atoms with Crippen molar-refractivity contribution in [2.75, 3.05) is 4.72 Å². The highest BCUT2D eigenvalue weighted by Crippen LogP contribution is 2.27. The molecule has 0 atom stereocenters. The number of hydrogen-bond donors (Lipinski definition) is 1. The summed E-state index contributed by atoms with van der Waals surface area (Å²) in [7, 11) is -3.73. The van der Waals surface area contributed by atoms with Gasteiger partial charge in [0.25, 0.3) is 10.0 Å². The third-order valence-electron chi connectivity index (χ3n) is 3.72. The second kappa shape index (κ2) is 6.83. The Bertz CT molecular complexity index is 967. The van der Waals surface area contributed by atoms with Crippen LogP contribution in [0.1, 0.15) is 19.8 Å². The number of hydrogen-bond acceptors (Lipinski definition) is 3. The molecule has 0 aliphatic rings. The monoisotopic (exact) mass is 363 g/mol. The highest BCUT2D eigenvalue weighted by Gasteiger charge is 2.21. The van der Waals surface area contributed by atoms with Crippen LogP contribution in [0.25, 0.3) is 11.0 Å². The molecule has 0 bridgehead atoms. The molecule has 0 amide bonds. The lowest BCUT2D eigenvalue weighted by atomic mass is 10.3. The Morgan fingerprint density at radius 3 is 2.83 bits per heavy atom. The molecule has 0 radical (unpaired) electrons. The van der Waals surface area contributed by atoms with Crippen LogP contribution in [-0.4, -0.2) is 18.0 Å². The lowest BCUT2D eigenvalue weighted by molar-refractivity contribution is 0.600. The lowest BCUT2D eigenvalue weighted by Crippen LogP contribution is -2.12. The summed E-state index contributed by atoms with van der Waals surface area (Å²) in [6, 6.07) is 10.2. The Kier molecular flexibility index (Phi) is 4.78. The summed E-state index contributed by atoms with van der Waals surface area (Å²) >= 11 is 5.93. The van der Waals surface area contributed by atoms with E-state index in [-0.39, 0.29) is 4.90 Å². The van der Waals surface area contributed by atoms with E-state index in [4.69, 9.17) is 11.6 Å². The van der Waals surface area contributed by atoms with E-state index in [9.17, 15) is 8.42 Å². The molecule has 3 aromatic rings. The molecule has 0 saturated heterocycles. The van der Waals surface area contributed by atoms with Crippen molar-refractivity contribution in [2.24, 2.45) is 0 Å². The lowest BCUT2D eigenvalue weighted by Gasteiger charge is -2.07. The zero-order chi connectivity index (χ0) is 17.2. The molecule has 0 spiro atoms. The largest absolute Gasteiger partial charge is 0.331 e. The molecule has 1 aromatic carbocycles. The molecule has 7 heteroatoms. The van der Waals surface area contributed by atoms with Gasteiger partial charge in [0.05, 0.1) is 5.69 Å². The van der Waals surface area contributed by atoms with E-state index in [2.05, 4.69) is 16.6 Å². The molecule has 0 saturated carbocycles. The third-order valence-corrected chi connectivity index (χ3v) is 5.36. The van der Waals surface area contributed by atoms with Crippen LogP contribution in [0.15, 0.2) is 53.7 Å². The fraction of sp³-hybridized carbons (Fsp3) is 0.235. The summed E-state index contributed by atoms with van der Waals surface area (Å²) in [6.45, 7) is 2.83. The zero-order valence-electron chi connectivity index (χ0n) is 13.2. The summed E-state index contributed by atoms with van der Waals surface area (Å²) in [5.74, 6) is 0. The van der Waals surface area contributed by atoms with Gasteiger partial charge in [-0.2, -0.15) is 0 Å². The fourth-order valence-corrected chi connectivity index (χ4v) is 4.02. The van der Waals surface area contributed by atoms with Gasteiger partial charge in [0.1, 0.15) is 10.5 Å². The Hall–Kier alpha value is -2.05. The fourth-order valence-electron chi connectivity index (χ4n) is 2.57. The molecule has 24 heavy (non-hydrogen) atoms. The molecule has 2 aromatic heterocycles. The van der Waals surface area contributed by atoms with Crippen LogP contribution in [0, 0.1) is 0 Å². The number of anilines is 1. The van der Waals surface area contributed by atoms with Crippen LogP contribution in [-0.2, 0) is 16.6 Å². The molecule has 0 aliphatic heterocycles. The van der Waals surface area contributed by atoms with Gasteiger partial charge in [0, 0.05) is 29.3 Å². The van der Waals surface area contributed by atoms with Crippen LogP contribution >= 0.6 is 11.6 Å². The first-order chi connectivity index (χ1) is 11.5. The molecule has 0 aliphatic carbocycles. The van der Waals surface area contributed by atoms with Crippen molar-refractivity contribution in [1.82, 2.24) is 9.55 Å². The Labute approximate surface area is 146 Å². The first-order valence-corrected chi connectivity index (χ1v) is 9.59. The van der Waals surface area contributed by atoms with Crippen molar-refractivity contribution in [1.29, 1.82) is 0 Å². The third kappa shape index (κ3) is 3.39. The van der Waals surface area contributed by atoms with Gasteiger partial charge in [-0.15, -0.1) is 0 Å². The standard InChI is InChI=1S/C17H18ClN3O2S/c1-2-3-10-21-12-16(15-8-5-9-19-17(15)21)24(22,23)20-14-7-4-6-13(18)11-14/h4-9,11-12,20H,2-3,10H2,1H3. The quantitative estimate of drug-likeness (QED) is 0.710. The highest BCUT2D eigenvalue weighted by molar-refractivity contribution is 7.93. The van der Waals surface area contributed by atoms with E-state index in [1.54, 1.807) is 48.8 Å². The number of unbranched alkanes of at least 4 members (excludes halogenated alkanes) is 1. The number of nitrogens with one attached hydrogen (secondary N) is 1. The van der Waals surface area contributed by atoms with Crippen LogP contribution < -0.4 is 4.72 Å². The number of sulfonamides is 1. The summed E-state index contributed by atoms with van der Waals surface area (Å²) in [5.41, 5.74) is 1.11. The topological polar surface area (TPSA) is 64.0 Å². The van der Waals surface area contributed by atoms with Gasteiger partial charge in [-0.05, 0) is 36.8 Å². The first-order valence-electron chi connectivity index (χ1n) is 7.73. The molecule has 0 fully saturated rings. The van der Waals surface area contributed by atoms with Gasteiger partial charge in [0.15, 0.2) is 0 Å². The van der Waals surface area contributed by atoms with Gasteiger partial charge >= 0.3 is 0 Å². The normalized spacial score (nSPS) is 11.8. The van der Waals surface area contributed by atoms with E-state index in [1.807, 2.05) is 4.57 Å². The van der Waals surface area contributed by atoms with Crippen LogP contribution in [0.4, 0.5) is 5.69 Å². The molecule has 3 rings (SSSR count). The average molecular weight is 364 g/mol. The van der Waals surface area contributed by atoms with Crippen LogP contribution in [0.3, 0.4) is 0 Å². The number of rotatable bonds is 6. The summed E-state index contributed by atoms with van der Waals surface area (Å²) < 4.78 is 30.1. The first kappa shape index (κ1) is 16.8. The molecule has 0 unspecified atom stereocenters. The number of benzene rings is 1. The number of aromatic nitrogens is 2. The zero-order valence-corrected chi connectivity index (χ0v) is 14.8. The van der Waals surface area contributed by atoms with Crippen molar-refractivity contribution >= 4 is 38.3 Å². The Balaban J connectivity index is 2.04. The number of halogens is 1. The summed E-state index contributed by atoms with van der Waals surface area (Å²) in [6.07, 6.45) is 5.31. The van der Waals surface area contributed by atoms with Gasteiger partial charge in [-0.1, -0.05) is 31.0 Å². The molecular formula is C17H18ClN3O2S. The van der Waals surface area contributed by atoms with E-state index >= 15 is 0 Å². The van der Waals surface area contributed by atoms with Crippen molar-refractivity contribution in [3.63, 3.8) is 0 Å². The minimum Gasteiger partial charge on any atom is -0.331 e. The van der Waals surface area contributed by atoms with Crippen molar-refractivity contribution in [3.05, 3.63) is 53.8 Å². The predicted molar refractivity (Wildman–Crippen MR) is 96.9 cm³/mol. The SMILES string of the molecule is CCCCn1cc(S(=O)(=O)Nc2cccc(Cl)c2)c2cccnc21. The molecule has 2 heterocycles. The second-order valence-corrected chi connectivity index (χ2v) is 7.62. The van der Waals surface area contributed by atoms with Gasteiger partial charge in [-0.3, -0.25) is 4.72 Å².